The van der Waals surface area contributed by atoms with Crippen LogP contribution >= 0.6 is 11.6 Å². The zero-order valence-electron chi connectivity index (χ0n) is 14.8. The maximum absolute atomic E-state index is 12.3. The molecule has 2 rings (SSSR count). The molecule has 5 nitrogen and oxygen atoms in total. The normalized spacial score (nSPS) is 13.8. The molecule has 25 heavy (non-hydrogen) atoms. The Kier molecular flexibility index (Phi) is 7.31. The van der Waals surface area contributed by atoms with Gasteiger partial charge >= 0.3 is 0 Å². The van der Waals surface area contributed by atoms with Gasteiger partial charge in [0.2, 0.25) is 11.8 Å². The number of anilines is 1. The van der Waals surface area contributed by atoms with Crippen LogP contribution < -0.4 is 15.0 Å². The minimum Gasteiger partial charge on any atom is -0.495 e. The molecule has 2 amide bonds. The SMILES string of the molecule is COc1ccc(Cl)cc1N(CC(=O)NCCC1=CCCCC1)C(C)=O. The van der Waals surface area contributed by atoms with Crippen LogP contribution in [0.5, 0.6) is 5.75 Å². The van der Waals surface area contributed by atoms with Crippen molar-refractivity contribution in [2.75, 3.05) is 25.1 Å². The molecule has 1 N–H and O–H groups in total. The first-order valence-electron chi connectivity index (χ1n) is 8.57. The molecule has 0 heterocycles. The van der Waals surface area contributed by atoms with Crippen molar-refractivity contribution >= 4 is 29.1 Å². The number of hydrogen-bond donors (Lipinski definition) is 1. The van der Waals surface area contributed by atoms with E-state index >= 15 is 0 Å². The maximum Gasteiger partial charge on any atom is 0.240 e. The number of benzene rings is 1. The summed E-state index contributed by atoms with van der Waals surface area (Å²) in [4.78, 5) is 25.7. The van der Waals surface area contributed by atoms with Crippen molar-refractivity contribution in [3.63, 3.8) is 0 Å². The lowest BCUT2D eigenvalue weighted by atomic mass is 9.97. The van der Waals surface area contributed by atoms with Gasteiger partial charge in [-0.3, -0.25) is 14.5 Å². The van der Waals surface area contributed by atoms with Crippen molar-refractivity contribution in [3.05, 3.63) is 34.9 Å². The Morgan fingerprint density at radius 1 is 1.32 bits per heavy atom. The van der Waals surface area contributed by atoms with Crippen molar-refractivity contribution in [3.8, 4) is 5.75 Å². The average molecular weight is 365 g/mol. The molecule has 0 spiro atoms. The molecule has 0 aliphatic heterocycles. The van der Waals surface area contributed by atoms with Gasteiger partial charge in [-0.05, 0) is 50.3 Å². The number of halogens is 1. The summed E-state index contributed by atoms with van der Waals surface area (Å²) < 4.78 is 5.28. The van der Waals surface area contributed by atoms with E-state index in [0.717, 1.165) is 19.3 Å². The number of allylic oxidation sites excluding steroid dienone is 1. The van der Waals surface area contributed by atoms with Gasteiger partial charge in [0.25, 0.3) is 0 Å². The molecule has 6 heteroatoms. The van der Waals surface area contributed by atoms with Crippen LogP contribution in [0.25, 0.3) is 0 Å². The van der Waals surface area contributed by atoms with Crippen molar-refractivity contribution in [1.29, 1.82) is 0 Å². The number of ether oxygens (including phenoxy) is 1. The molecule has 0 atom stereocenters. The van der Waals surface area contributed by atoms with Crippen LogP contribution in [-0.4, -0.2) is 32.0 Å². The number of methoxy groups -OCH3 is 1. The van der Waals surface area contributed by atoms with Crippen molar-refractivity contribution in [2.45, 2.75) is 39.0 Å². The Balaban J connectivity index is 1.96. The van der Waals surface area contributed by atoms with Gasteiger partial charge < -0.3 is 10.1 Å². The third-order valence-corrected chi connectivity index (χ3v) is 4.50. The van der Waals surface area contributed by atoms with Crippen LogP contribution in [0.3, 0.4) is 0 Å². The van der Waals surface area contributed by atoms with E-state index in [1.807, 2.05) is 0 Å². The van der Waals surface area contributed by atoms with Crippen LogP contribution in [0.1, 0.15) is 39.0 Å². The highest BCUT2D eigenvalue weighted by atomic mass is 35.5. The summed E-state index contributed by atoms with van der Waals surface area (Å²) in [6.45, 7) is 1.94. The topological polar surface area (TPSA) is 58.6 Å². The third kappa shape index (κ3) is 5.78. The molecule has 0 fully saturated rings. The number of nitrogens with zero attached hydrogens (tertiary/aromatic N) is 1. The molecule has 136 valence electrons. The van der Waals surface area contributed by atoms with Crippen molar-refractivity contribution in [2.24, 2.45) is 0 Å². The minimum atomic E-state index is -0.245. The van der Waals surface area contributed by atoms with E-state index in [1.54, 1.807) is 18.2 Å². The second kappa shape index (κ2) is 9.47. The van der Waals surface area contributed by atoms with E-state index in [0.29, 0.717) is 23.0 Å². The first kappa shape index (κ1) is 19.3. The summed E-state index contributed by atoms with van der Waals surface area (Å²) in [5.41, 5.74) is 1.90. The number of amides is 2. The summed E-state index contributed by atoms with van der Waals surface area (Å²) in [6.07, 6.45) is 7.88. The van der Waals surface area contributed by atoms with Gasteiger partial charge in [-0.25, -0.2) is 0 Å². The molecule has 1 aromatic carbocycles. The molecule has 1 aliphatic rings. The smallest absolute Gasteiger partial charge is 0.240 e. The number of hydrogen-bond acceptors (Lipinski definition) is 3. The minimum absolute atomic E-state index is 0.0644. The summed E-state index contributed by atoms with van der Waals surface area (Å²) in [5.74, 6) is 0.0547. The number of rotatable bonds is 7. The summed E-state index contributed by atoms with van der Waals surface area (Å²) >= 11 is 6.03. The van der Waals surface area contributed by atoms with E-state index in [1.165, 1.54) is 37.3 Å². The molecule has 0 saturated heterocycles. The standard InChI is InChI=1S/C19H25ClN2O3/c1-14(23)22(17-12-16(20)8-9-18(17)25-2)13-19(24)21-11-10-15-6-4-3-5-7-15/h6,8-9,12H,3-5,7,10-11,13H2,1-2H3,(H,21,24). The van der Waals surface area contributed by atoms with E-state index in [9.17, 15) is 9.59 Å². The zero-order valence-corrected chi connectivity index (χ0v) is 15.6. The molecule has 0 radical (unpaired) electrons. The fourth-order valence-corrected chi connectivity index (χ4v) is 3.10. The Morgan fingerprint density at radius 3 is 2.76 bits per heavy atom. The molecular formula is C19H25ClN2O3. The Labute approximate surface area is 154 Å². The maximum atomic E-state index is 12.3. The van der Waals surface area contributed by atoms with Crippen LogP contribution in [0.4, 0.5) is 5.69 Å². The summed E-state index contributed by atoms with van der Waals surface area (Å²) in [6, 6.07) is 4.99. The van der Waals surface area contributed by atoms with E-state index < -0.39 is 0 Å². The fraction of sp³-hybridized carbons (Fsp3) is 0.474. The monoisotopic (exact) mass is 364 g/mol. The largest absolute Gasteiger partial charge is 0.495 e. The first-order chi connectivity index (χ1) is 12.0. The molecular weight excluding hydrogens is 340 g/mol. The predicted molar refractivity (Wildman–Crippen MR) is 100 cm³/mol. The van der Waals surface area contributed by atoms with Crippen LogP contribution in [0.2, 0.25) is 5.02 Å². The molecule has 0 bridgehead atoms. The molecule has 1 aliphatic carbocycles. The van der Waals surface area contributed by atoms with Crippen LogP contribution in [0.15, 0.2) is 29.8 Å². The lowest BCUT2D eigenvalue weighted by molar-refractivity contribution is -0.123. The highest BCUT2D eigenvalue weighted by Gasteiger charge is 2.20. The predicted octanol–water partition coefficient (Wildman–Crippen LogP) is 3.71. The van der Waals surface area contributed by atoms with E-state index in [-0.39, 0.29) is 18.4 Å². The van der Waals surface area contributed by atoms with Crippen LogP contribution in [-0.2, 0) is 9.59 Å². The summed E-state index contributed by atoms with van der Waals surface area (Å²) in [7, 11) is 1.52. The Morgan fingerprint density at radius 2 is 2.12 bits per heavy atom. The number of nitrogens with one attached hydrogen (secondary N) is 1. The number of carbonyl (C=O) groups is 2. The molecule has 0 aromatic heterocycles. The molecule has 0 saturated carbocycles. The Bertz CT molecular complexity index is 658. The van der Waals surface area contributed by atoms with Gasteiger partial charge in [-0.1, -0.05) is 23.3 Å². The molecule has 0 unspecified atom stereocenters. The zero-order chi connectivity index (χ0) is 18.2. The van der Waals surface area contributed by atoms with Gasteiger partial charge in [-0.2, -0.15) is 0 Å². The van der Waals surface area contributed by atoms with Gasteiger partial charge in [-0.15, -0.1) is 0 Å². The Hall–Kier alpha value is -2.01. The lowest BCUT2D eigenvalue weighted by Crippen LogP contribution is -2.40. The van der Waals surface area contributed by atoms with Crippen molar-refractivity contribution < 1.29 is 14.3 Å². The van der Waals surface area contributed by atoms with Gasteiger partial charge in [0.1, 0.15) is 12.3 Å². The van der Waals surface area contributed by atoms with Gasteiger partial charge in [0, 0.05) is 18.5 Å². The van der Waals surface area contributed by atoms with E-state index in [2.05, 4.69) is 11.4 Å². The van der Waals surface area contributed by atoms with E-state index in [4.69, 9.17) is 16.3 Å². The third-order valence-electron chi connectivity index (χ3n) is 4.27. The fourth-order valence-electron chi connectivity index (χ4n) is 2.93. The molecule has 1 aromatic rings. The first-order valence-corrected chi connectivity index (χ1v) is 8.95. The van der Waals surface area contributed by atoms with Crippen LogP contribution in [0, 0.1) is 0 Å². The summed E-state index contributed by atoms with van der Waals surface area (Å²) in [5, 5.41) is 3.37. The van der Waals surface area contributed by atoms with Crippen molar-refractivity contribution in [1.82, 2.24) is 5.32 Å². The average Bonchev–Trinajstić information content (AvgIpc) is 2.60. The van der Waals surface area contributed by atoms with Gasteiger partial charge in [0.15, 0.2) is 0 Å². The van der Waals surface area contributed by atoms with Gasteiger partial charge in [0.05, 0.1) is 12.8 Å². The highest BCUT2D eigenvalue weighted by Crippen LogP contribution is 2.31. The highest BCUT2D eigenvalue weighted by molar-refractivity contribution is 6.31. The second-order valence-electron chi connectivity index (χ2n) is 6.13. The quantitative estimate of drug-likeness (QED) is 0.750. The lowest BCUT2D eigenvalue weighted by Gasteiger charge is -2.23. The second-order valence-corrected chi connectivity index (χ2v) is 6.57. The number of carbonyl (C=O) groups excluding carboxylic acids is 2.